The average Bonchev–Trinajstić information content (AvgIpc) is 2.27. The highest BCUT2D eigenvalue weighted by atomic mass is 16.5. The van der Waals surface area contributed by atoms with Gasteiger partial charge in [-0.1, -0.05) is 26.0 Å². The summed E-state index contributed by atoms with van der Waals surface area (Å²) in [5, 5.41) is 3.26. The van der Waals surface area contributed by atoms with E-state index >= 15 is 0 Å². The summed E-state index contributed by atoms with van der Waals surface area (Å²) in [5.74, 6) is 2.17. The topological polar surface area (TPSA) is 21.3 Å². The SMILES string of the molecule is CCOc1ccc(C(CNC)C(C)C)cc1. The Morgan fingerprint density at radius 1 is 1.19 bits per heavy atom. The first kappa shape index (κ1) is 13.0. The van der Waals surface area contributed by atoms with Gasteiger partial charge in [0.15, 0.2) is 0 Å². The Balaban J connectivity index is 2.77. The maximum atomic E-state index is 5.45. The Hall–Kier alpha value is -1.02. The van der Waals surface area contributed by atoms with E-state index in [4.69, 9.17) is 4.74 Å². The fourth-order valence-corrected chi connectivity index (χ4v) is 1.94. The van der Waals surface area contributed by atoms with Crippen LogP contribution in [0.2, 0.25) is 0 Å². The lowest BCUT2D eigenvalue weighted by molar-refractivity contribution is 0.340. The van der Waals surface area contributed by atoms with Crippen LogP contribution in [0.3, 0.4) is 0 Å². The van der Waals surface area contributed by atoms with Crippen molar-refractivity contribution in [2.75, 3.05) is 20.2 Å². The minimum Gasteiger partial charge on any atom is -0.494 e. The number of hydrogen-bond donors (Lipinski definition) is 1. The van der Waals surface area contributed by atoms with Crippen molar-refractivity contribution >= 4 is 0 Å². The van der Waals surface area contributed by atoms with Gasteiger partial charge in [0.2, 0.25) is 0 Å². The molecule has 0 fully saturated rings. The number of likely N-dealkylation sites (N-methyl/N-ethyl adjacent to an activating group) is 1. The molecule has 1 atom stereocenters. The summed E-state index contributed by atoms with van der Waals surface area (Å²) in [5.41, 5.74) is 1.38. The molecule has 1 aromatic rings. The zero-order chi connectivity index (χ0) is 12.0. The van der Waals surface area contributed by atoms with Gasteiger partial charge in [-0.05, 0) is 43.5 Å². The molecule has 0 amide bonds. The quantitative estimate of drug-likeness (QED) is 0.797. The van der Waals surface area contributed by atoms with E-state index in [-0.39, 0.29) is 0 Å². The lowest BCUT2D eigenvalue weighted by Gasteiger charge is -2.21. The summed E-state index contributed by atoms with van der Waals surface area (Å²) >= 11 is 0. The van der Waals surface area contributed by atoms with Gasteiger partial charge in [-0.25, -0.2) is 0 Å². The molecule has 0 spiro atoms. The standard InChI is InChI=1S/C14H23NO/c1-5-16-13-8-6-12(7-9-13)14(10-15-4)11(2)3/h6-9,11,14-15H,5,10H2,1-4H3. The summed E-state index contributed by atoms with van der Waals surface area (Å²) in [4.78, 5) is 0. The van der Waals surface area contributed by atoms with Gasteiger partial charge in [0.1, 0.15) is 5.75 Å². The molecule has 16 heavy (non-hydrogen) atoms. The van der Waals surface area contributed by atoms with Gasteiger partial charge >= 0.3 is 0 Å². The van der Waals surface area contributed by atoms with E-state index in [1.807, 2.05) is 14.0 Å². The first-order valence-electron chi connectivity index (χ1n) is 6.06. The number of ether oxygens (including phenoxy) is 1. The van der Waals surface area contributed by atoms with Crippen LogP contribution >= 0.6 is 0 Å². The van der Waals surface area contributed by atoms with E-state index in [0.29, 0.717) is 11.8 Å². The third-order valence-corrected chi connectivity index (χ3v) is 2.85. The van der Waals surface area contributed by atoms with Gasteiger partial charge < -0.3 is 10.1 Å². The van der Waals surface area contributed by atoms with Crippen molar-refractivity contribution in [1.29, 1.82) is 0 Å². The molecule has 90 valence electrons. The molecule has 0 heterocycles. The molecule has 1 unspecified atom stereocenters. The highest BCUT2D eigenvalue weighted by Crippen LogP contribution is 2.25. The number of hydrogen-bond acceptors (Lipinski definition) is 2. The van der Waals surface area contributed by atoms with Crippen molar-refractivity contribution in [3.8, 4) is 5.75 Å². The Kier molecular flexibility index (Phi) is 5.33. The number of nitrogens with one attached hydrogen (secondary N) is 1. The van der Waals surface area contributed by atoms with Crippen molar-refractivity contribution in [3.63, 3.8) is 0 Å². The molecular weight excluding hydrogens is 198 g/mol. The van der Waals surface area contributed by atoms with Crippen LogP contribution in [-0.4, -0.2) is 20.2 Å². The third-order valence-electron chi connectivity index (χ3n) is 2.85. The highest BCUT2D eigenvalue weighted by Gasteiger charge is 2.14. The van der Waals surface area contributed by atoms with Gasteiger partial charge in [0.25, 0.3) is 0 Å². The molecule has 2 heteroatoms. The van der Waals surface area contributed by atoms with E-state index in [1.165, 1.54) is 5.56 Å². The summed E-state index contributed by atoms with van der Waals surface area (Å²) in [6, 6.07) is 8.47. The molecule has 1 N–H and O–H groups in total. The lowest BCUT2D eigenvalue weighted by Crippen LogP contribution is -2.21. The molecule has 0 aliphatic rings. The van der Waals surface area contributed by atoms with Crippen LogP contribution < -0.4 is 10.1 Å². The predicted molar refractivity (Wildman–Crippen MR) is 69.1 cm³/mol. The normalized spacial score (nSPS) is 12.8. The lowest BCUT2D eigenvalue weighted by atomic mass is 9.88. The minimum absolute atomic E-state index is 0.570. The fraction of sp³-hybridized carbons (Fsp3) is 0.571. The molecule has 2 nitrogen and oxygen atoms in total. The van der Waals surface area contributed by atoms with Crippen molar-refractivity contribution in [1.82, 2.24) is 5.32 Å². The summed E-state index contributed by atoms with van der Waals surface area (Å²) in [7, 11) is 2.00. The molecule has 0 aromatic heterocycles. The van der Waals surface area contributed by atoms with Crippen molar-refractivity contribution < 1.29 is 4.74 Å². The molecule has 0 bridgehead atoms. The summed E-state index contributed by atoms with van der Waals surface area (Å²) in [6.45, 7) is 8.28. The Labute approximate surface area is 99.0 Å². The molecule has 1 rings (SSSR count). The maximum Gasteiger partial charge on any atom is 0.119 e. The average molecular weight is 221 g/mol. The smallest absolute Gasteiger partial charge is 0.119 e. The van der Waals surface area contributed by atoms with Crippen molar-refractivity contribution in [2.24, 2.45) is 5.92 Å². The van der Waals surface area contributed by atoms with Crippen LogP contribution in [0.5, 0.6) is 5.75 Å². The molecule has 0 saturated carbocycles. The molecule has 0 aliphatic carbocycles. The monoisotopic (exact) mass is 221 g/mol. The molecule has 0 radical (unpaired) electrons. The van der Waals surface area contributed by atoms with Gasteiger partial charge in [0, 0.05) is 6.54 Å². The van der Waals surface area contributed by atoms with Crippen molar-refractivity contribution in [2.45, 2.75) is 26.7 Å². The Morgan fingerprint density at radius 3 is 2.25 bits per heavy atom. The third kappa shape index (κ3) is 3.53. The Bertz CT molecular complexity index is 292. The van der Waals surface area contributed by atoms with Gasteiger partial charge in [-0.3, -0.25) is 0 Å². The van der Waals surface area contributed by atoms with E-state index in [0.717, 1.165) is 18.9 Å². The van der Waals surface area contributed by atoms with E-state index in [1.54, 1.807) is 0 Å². The summed E-state index contributed by atoms with van der Waals surface area (Å²) < 4.78 is 5.45. The first-order chi connectivity index (χ1) is 7.69. The molecule has 0 aliphatic heterocycles. The number of rotatable bonds is 6. The largest absolute Gasteiger partial charge is 0.494 e. The van der Waals surface area contributed by atoms with Crippen LogP contribution in [-0.2, 0) is 0 Å². The second-order valence-electron chi connectivity index (χ2n) is 4.41. The van der Waals surface area contributed by atoms with Gasteiger partial charge in [0.05, 0.1) is 6.61 Å². The zero-order valence-electron chi connectivity index (χ0n) is 10.8. The van der Waals surface area contributed by atoms with Gasteiger partial charge in [-0.15, -0.1) is 0 Å². The fourth-order valence-electron chi connectivity index (χ4n) is 1.94. The van der Waals surface area contributed by atoms with Crippen LogP contribution in [0.1, 0.15) is 32.3 Å². The predicted octanol–water partition coefficient (Wildman–Crippen LogP) is 3.04. The second kappa shape index (κ2) is 6.54. The highest BCUT2D eigenvalue weighted by molar-refractivity contribution is 5.30. The van der Waals surface area contributed by atoms with Crippen molar-refractivity contribution in [3.05, 3.63) is 29.8 Å². The summed E-state index contributed by atoms with van der Waals surface area (Å²) in [6.07, 6.45) is 0. The Morgan fingerprint density at radius 2 is 1.81 bits per heavy atom. The van der Waals surface area contributed by atoms with Crippen LogP contribution in [0.15, 0.2) is 24.3 Å². The van der Waals surface area contributed by atoms with E-state index in [9.17, 15) is 0 Å². The van der Waals surface area contributed by atoms with E-state index < -0.39 is 0 Å². The van der Waals surface area contributed by atoms with E-state index in [2.05, 4.69) is 43.4 Å². The number of benzene rings is 1. The van der Waals surface area contributed by atoms with Crippen LogP contribution in [0.25, 0.3) is 0 Å². The van der Waals surface area contributed by atoms with Gasteiger partial charge in [-0.2, -0.15) is 0 Å². The van der Waals surface area contributed by atoms with Crippen LogP contribution in [0, 0.1) is 5.92 Å². The van der Waals surface area contributed by atoms with Crippen LogP contribution in [0.4, 0.5) is 0 Å². The first-order valence-corrected chi connectivity index (χ1v) is 6.06. The molecule has 0 saturated heterocycles. The molecule has 1 aromatic carbocycles. The zero-order valence-corrected chi connectivity index (χ0v) is 10.8. The maximum absolute atomic E-state index is 5.45. The molecular formula is C14H23NO. The second-order valence-corrected chi connectivity index (χ2v) is 4.41. The minimum atomic E-state index is 0.570.